The first-order valence-electron chi connectivity index (χ1n) is 6.10. The van der Waals surface area contributed by atoms with Crippen molar-refractivity contribution in [1.82, 2.24) is 10.3 Å². The molecule has 1 aromatic heterocycles. The molecule has 0 amide bonds. The normalized spacial score (nSPS) is 22.4. The molecule has 0 fully saturated rings. The number of nitrogens with one attached hydrogen (secondary N) is 1. The van der Waals surface area contributed by atoms with Crippen LogP contribution in [0.4, 0.5) is 0 Å². The van der Waals surface area contributed by atoms with Gasteiger partial charge in [-0.15, -0.1) is 0 Å². The summed E-state index contributed by atoms with van der Waals surface area (Å²) >= 11 is 0. The number of aliphatic imine (C=N–C) groups is 1. The lowest BCUT2D eigenvalue weighted by Crippen LogP contribution is -2.22. The molecule has 2 aromatic rings. The molecular weight excluding hydrogens is 222 g/mol. The van der Waals surface area contributed by atoms with Crippen LogP contribution in [0.5, 0.6) is 0 Å². The van der Waals surface area contributed by atoms with Crippen LogP contribution in [-0.2, 0) is 0 Å². The summed E-state index contributed by atoms with van der Waals surface area (Å²) in [7, 11) is 0. The van der Waals surface area contributed by atoms with Gasteiger partial charge in [0.15, 0.2) is 0 Å². The van der Waals surface area contributed by atoms with Gasteiger partial charge in [0, 0.05) is 12.4 Å². The van der Waals surface area contributed by atoms with Gasteiger partial charge in [-0.05, 0) is 24.1 Å². The number of hydrogen-bond donors (Lipinski definition) is 1. The molecule has 1 N–H and O–H groups in total. The number of aromatic nitrogens is 1. The number of rotatable bonds is 2. The Labute approximate surface area is 107 Å². The Balaban J connectivity index is 1.97. The summed E-state index contributed by atoms with van der Waals surface area (Å²) in [6.07, 6.45) is 3.68. The van der Waals surface area contributed by atoms with E-state index in [-0.39, 0.29) is 12.1 Å². The average Bonchev–Trinajstić information content (AvgIpc) is 2.83. The van der Waals surface area contributed by atoms with Crippen molar-refractivity contribution in [2.24, 2.45) is 4.99 Å². The van der Waals surface area contributed by atoms with Gasteiger partial charge in [0.1, 0.15) is 6.04 Å². The number of benzene rings is 1. The van der Waals surface area contributed by atoms with Crippen molar-refractivity contribution in [2.45, 2.75) is 19.0 Å². The molecule has 1 aliphatic rings. The van der Waals surface area contributed by atoms with Crippen molar-refractivity contribution in [3.8, 4) is 0 Å². The summed E-state index contributed by atoms with van der Waals surface area (Å²) in [5.41, 5.74) is 2.41. The van der Waals surface area contributed by atoms with Gasteiger partial charge in [-0.3, -0.25) is 9.98 Å². The highest BCUT2D eigenvalue weighted by Crippen LogP contribution is 2.35. The second-order valence-corrected chi connectivity index (χ2v) is 4.48. The maximum absolute atomic E-state index is 4.68. The minimum absolute atomic E-state index is 0.112. The van der Waals surface area contributed by atoms with Gasteiger partial charge in [0.05, 0.1) is 11.9 Å². The Hall–Kier alpha value is -2.16. The number of pyridine rings is 1. The van der Waals surface area contributed by atoms with E-state index in [9.17, 15) is 0 Å². The molecule has 0 aliphatic carbocycles. The average molecular weight is 237 g/mol. The molecule has 0 bridgehead atoms. The minimum atomic E-state index is 0.112. The number of nitrogens with zero attached hydrogens (tertiary/aromatic N) is 2. The number of hydrogen-bond acceptors (Lipinski definition) is 3. The van der Waals surface area contributed by atoms with Crippen molar-refractivity contribution >= 4 is 5.84 Å². The van der Waals surface area contributed by atoms with Crippen LogP contribution in [0.2, 0.25) is 0 Å². The third kappa shape index (κ3) is 1.99. The second kappa shape index (κ2) is 4.61. The number of amidine groups is 1. The third-order valence-electron chi connectivity index (χ3n) is 3.20. The monoisotopic (exact) mass is 237 g/mol. The van der Waals surface area contributed by atoms with E-state index in [1.165, 1.54) is 5.56 Å². The van der Waals surface area contributed by atoms with E-state index in [4.69, 9.17) is 0 Å². The maximum Gasteiger partial charge on any atom is 0.103 e. The van der Waals surface area contributed by atoms with E-state index in [1.54, 1.807) is 6.20 Å². The van der Waals surface area contributed by atoms with Crippen LogP contribution in [0.3, 0.4) is 0 Å². The van der Waals surface area contributed by atoms with Gasteiger partial charge in [-0.1, -0.05) is 36.4 Å². The van der Waals surface area contributed by atoms with Gasteiger partial charge >= 0.3 is 0 Å². The first-order chi connectivity index (χ1) is 8.84. The van der Waals surface area contributed by atoms with Crippen molar-refractivity contribution in [1.29, 1.82) is 0 Å². The maximum atomic E-state index is 4.68. The molecular formula is C15H15N3. The first kappa shape index (κ1) is 11.0. The molecule has 0 unspecified atom stereocenters. The SMILES string of the molecule is CC1=N[C@H](c2cccnc2)[C@H](c2ccccc2)N1. The van der Waals surface area contributed by atoms with E-state index in [1.807, 2.05) is 25.3 Å². The molecule has 2 heterocycles. The summed E-state index contributed by atoms with van der Waals surface area (Å²) < 4.78 is 0. The van der Waals surface area contributed by atoms with Crippen LogP contribution in [-0.4, -0.2) is 10.8 Å². The zero-order chi connectivity index (χ0) is 12.4. The minimum Gasteiger partial charge on any atom is -0.365 e. The second-order valence-electron chi connectivity index (χ2n) is 4.48. The fraction of sp³-hybridized carbons (Fsp3) is 0.200. The van der Waals surface area contributed by atoms with E-state index in [0.29, 0.717) is 0 Å². The Bertz CT molecular complexity index is 548. The summed E-state index contributed by atoms with van der Waals surface area (Å²) in [5.74, 6) is 0.984. The van der Waals surface area contributed by atoms with E-state index in [2.05, 4.69) is 45.6 Å². The van der Waals surface area contributed by atoms with Crippen molar-refractivity contribution in [2.75, 3.05) is 0 Å². The summed E-state index contributed by atoms with van der Waals surface area (Å²) in [5, 5.41) is 3.44. The van der Waals surface area contributed by atoms with E-state index in [0.717, 1.165) is 11.4 Å². The highest BCUT2D eigenvalue weighted by molar-refractivity contribution is 5.82. The zero-order valence-corrected chi connectivity index (χ0v) is 10.2. The zero-order valence-electron chi connectivity index (χ0n) is 10.2. The smallest absolute Gasteiger partial charge is 0.103 e. The van der Waals surface area contributed by atoms with Gasteiger partial charge in [0.25, 0.3) is 0 Å². The molecule has 0 saturated carbocycles. The van der Waals surface area contributed by atoms with Gasteiger partial charge in [0.2, 0.25) is 0 Å². The van der Waals surface area contributed by atoms with Gasteiger partial charge < -0.3 is 5.32 Å². The van der Waals surface area contributed by atoms with E-state index < -0.39 is 0 Å². The van der Waals surface area contributed by atoms with E-state index >= 15 is 0 Å². The Morgan fingerprint density at radius 2 is 1.78 bits per heavy atom. The summed E-state index contributed by atoms with van der Waals surface area (Å²) in [6.45, 7) is 2.01. The van der Waals surface area contributed by atoms with Crippen LogP contribution in [0.1, 0.15) is 30.1 Å². The Morgan fingerprint density at radius 3 is 2.50 bits per heavy atom. The lowest BCUT2D eigenvalue weighted by Gasteiger charge is -2.19. The summed E-state index contributed by atoms with van der Waals surface area (Å²) in [6, 6.07) is 14.8. The molecule has 0 saturated heterocycles. The fourth-order valence-electron chi connectivity index (χ4n) is 2.37. The standard InChI is InChI=1S/C15H15N3/c1-11-17-14(12-6-3-2-4-7-12)15(18-11)13-8-5-9-16-10-13/h2-10,14-15H,1H3,(H,17,18)/t14-,15+/m0/s1. The van der Waals surface area contributed by atoms with Crippen LogP contribution >= 0.6 is 0 Å². The van der Waals surface area contributed by atoms with Crippen LogP contribution in [0, 0.1) is 0 Å². The predicted molar refractivity (Wildman–Crippen MR) is 72.4 cm³/mol. The molecule has 0 radical (unpaired) electrons. The van der Waals surface area contributed by atoms with Crippen LogP contribution < -0.4 is 5.32 Å². The topological polar surface area (TPSA) is 37.3 Å². The molecule has 18 heavy (non-hydrogen) atoms. The molecule has 0 spiro atoms. The quantitative estimate of drug-likeness (QED) is 0.872. The molecule has 3 rings (SSSR count). The molecule has 90 valence electrons. The van der Waals surface area contributed by atoms with Crippen LogP contribution in [0.15, 0.2) is 59.9 Å². The van der Waals surface area contributed by atoms with Crippen molar-refractivity contribution in [3.63, 3.8) is 0 Å². The Morgan fingerprint density at radius 1 is 1.00 bits per heavy atom. The highest BCUT2D eigenvalue weighted by atomic mass is 15.1. The van der Waals surface area contributed by atoms with Gasteiger partial charge in [-0.2, -0.15) is 0 Å². The van der Waals surface area contributed by atoms with Crippen molar-refractivity contribution in [3.05, 3.63) is 66.0 Å². The summed E-state index contributed by atoms with van der Waals surface area (Å²) in [4.78, 5) is 8.87. The fourth-order valence-corrected chi connectivity index (χ4v) is 2.37. The third-order valence-corrected chi connectivity index (χ3v) is 3.20. The molecule has 3 heteroatoms. The van der Waals surface area contributed by atoms with Gasteiger partial charge in [-0.25, -0.2) is 0 Å². The molecule has 3 nitrogen and oxygen atoms in total. The Kier molecular flexibility index (Phi) is 2.81. The molecule has 1 aliphatic heterocycles. The molecule has 1 aromatic carbocycles. The van der Waals surface area contributed by atoms with Crippen molar-refractivity contribution < 1.29 is 0 Å². The largest absolute Gasteiger partial charge is 0.365 e. The lowest BCUT2D eigenvalue weighted by atomic mass is 9.96. The van der Waals surface area contributed by atoms with Crippen LogP contribution in [0.25, 0.3) is 0 Å². The highest BCUT2D eigenvalue weighted by Gasteiger charge is 2.29. The lowest BCUT2D eigenvalue weighted by molar-refractivity contribution is 0.570. The first-order valence-corrected chi connectivity index (χ1v) is 6.10. The molecule has 2 atom stereocenters. The predicted octanol–water partition coefficient (Wildman–Crippen LogP) is 2.89.